The van der Waals surface area contributed by atoms with Gasteiger partial charge < -0.3 is 19.5 Å². The highest BCUT2D eigenvalue weighted by molar-refractivity contribution is 5.94. The summed E-state index contributed by atoms with van der Waals surface area (Å²) < 4.78 is 7.30. The third kappa shape index (κ3) is 4.29. The Morgan fingerprint density at radius 3 is 2.87 bits per heavy atom. The highest BCUT2D eigenvalue weighted by Crippen LogP contribution is 2.09. The number of nitrogens with zero attached hydrogens (tertiary/aromatic N) is 4. The molecule has 7 heteroatoms. The summed E-state index contributed by atoms with van der Waals surface area (Å²) in [5.41, 5.74) is 0.621. The first kappa shape index (κ1) is 15.5. The monoisotopic (exact) mass is 315 g/mol. The molecule has 0 atom stereocenters. The lowest BCUT2D eigenvalue weighted by Crippen LogP contribution is -2.40. The molecule has 1 N–H and O–H groups in total. The van der Waals surface area contributed by atoms with E-state index in [9.17, 15) is 4.79 Å². The largest absolute Gasteiger partial charge is 0.378 e. The minimum Gasteiger partial charge on any atom is -0.378 e. The first-order chi connectivity index (χ1) is 11.3. The smallest absolute Gasteiger partial charge is 0.255 e. The topological polar surface area (TPSA) is 72.3 Å². The van der Waals surface area contributed by atoms with Gasteiger partial charge in [0, 0.05) is 44.8 Å². The predicted molar refractivity (Wildman–Crippen MR) is 86.3 cm³/mol. The molecule has 3 rings (SSSR count). The minimum atomic E-state index is 0.0208. The van der Waals surface area contributed by atoms with Crippen LogP contribution < -0.4 is 5.32 Å². The van der Waals surface area contributed by atoms with E-state index < -0.39 is 0 Å². The first-order valence-corrected chi connectivity index (χ1v) is 7.85. The third-order valence-electron chi connectivity index (χ3n) is 3.77. The van der Waals surface area contributed by atoms with E-state index in [1.807, 2.05) is 29.2 Å². The average Bonchev–Trinajstić information content (AvgIpc) is 3.13. The highest BCUT2D eigenvalue weighted by Gasteiger charge is 2.18. The van der Waals surface area contributed by atoms with Crippen LogP contribution in [0.25, 0.3) is 0 Å². The summed E-state index contributed by atoms with van der Waals surface area (Å²) in [5, 5.41) is 3.26. The van der Waals surface area contributed by atoms with Gasteiger partial charge in [0.1, 0.15) is 5.82 Å². The van der Waals surface area contributed by atoms with Crippen molar-refractivity contribution in [2.45, 2.75) is 13.0 Å². The van der Waals surface area contributed by atoms with Gasteiger partial charge in [-0.25, -0.2) is 9.97 Å². The van der Waals surface area contributed by atoms with Crippen molar-refractivity contribution in [1.29, 1.82) is 0 Å². The Morgan fingerprint density at radius 2 is 2.17 bits per heavy atom. The van der Waals surface area contributed by atoms with Gasteiger partial charge in [0.05, 0.1) is 25.1 Å². The van der Waals surface area contributed by atoms with Crippen molar-refractivity contribution in [3.63, 3.8) is 0 Å². The Balaban J connectivity index is 1.45. The quantitative estimate of drug-likeness (QED) is 0.812. The van der Waals surface area contributed by atoms with E-state index in [-0.39, 0.29) is 5.91 Å². The fraction of sp³-hybridized carbons (Fsp3) is 0.438. The number of aryl methyl sites for hydroxylation is 1. The number of carbonyl (C=O) groups is 1. The van der Waals surface area contributed by atoms with Crippen molar-refractivity contribution in [1.82, 2.24) is 19.4 Å². The molecule has 1 saturated heterocycles. The molecule has 2 aromatic rings. The second-order valence-corrected chi connectivity index (χ2v) is 5.42. The molecule has 1 aliphatic heterocycles. The normalized spacial score (nSPS) is 14.7. The first-order valence-electron chi connectivity index (χ1n) is 7.85. The van der Waals surface area contributed by atoms with E-state index in [1.165, 1.54) is 0 Å². The lowest BCUT2D eigenvalue weighted by Gasteiger charge is -2.26. The fourth-order valence-electron chi connectivity index (χ4n) is 2.47. The number of imidazole rings is 1. The van der Waals surface area contributed by atoms with Crippen LogP contribution in [0.2, 0.25) is 0 Å². The van der Waals surface area contributed by atoms with Crippen LogP contribution in [0, 0.1) is 0 Å². The summed E-state index contributed by atoms with van der Waals surface area (Å²) in [5.74, 6) is 0.807. The Kier molecular flexibility index (Phi) is 5.21. The number of anilines is 1. The van der Waals surface area contributed by atoms with Gasteiger partial charge in [-0.2, -0.15) is 0 Å². The Morgan fingerprint density at radius 1 is 1.30 bits per heavy atom. The highest BCUT2D eigenvalue weighted by atomic mass is 16.5. The van der Waals surface area contributed by atoms with Crippen LogP contribution in [0.1, 0.15) is 16.8 Å². The summed E-state index contributed by atoms with van der Waals surface area (Å²) in [7, 11) is 0. The standard InChI is InChI=1S/C16H21N5O2/c22-16(21-8-10-23-11-9-21)14-2-3-15(19-12-14)18-4-1-6-20-7-5-17-13-20/h2-3,5,7,12-13H,1,4,6,8-11H2,(H,18,19). The molecule has 3 heterocycles. The molecule has 0 radical (unpaired) electrons. The molecule has 2 aromatic heterocycles. The van der Waals surface area contributed by atoms with Crippen molar-refractivity contribution in [3.8, 4) is 0 Å². The Bertz CT molecular complexity index is 606. The van der Waals surface area contributed by atoms with Gasteiger partial charge in [0.25, 0.3) is 5.91 Å². The molecular formula is C16H21N5O2. The number of hydrogen-bond donors (Lipinski definition) is 1. The van der Waals surface area contributed by atoms with E-state index >= 15 is 0 Å². The predicted octanol–water partition coefficient (Wildman–Crippen LogP) is 1.25. The van der Waals surface area contributed by atoms with Crippen molar-refractivity contribution < 1.29 is 9.53 Å². The molecule has 1 fully saturated rings. The van der Waals surface area contributed by atoms with Gasteiger partial charge in [0.2, 0.25) is 0 Å². The van der Waals surface area contributed by atoms with Crippen LogP contribution in [-0.2, 0) is 11.3 Å². The molecular weight excluding hydrogens is 294 g/mol. The van der Waals surface area contributed by atoms with E-state index in [0.717, 1.165) is 25.3 Å². The van der Waals surface area contributed by atoms with Crippen LogP contribution >= 0.6 is 0 Å². The van der Waals surface area contributed by atoms with Gasteiger partial charge >= 0.3 is 0 Å². The zero-order valence-corrected chi connectivity index (χ0v) is 13.0. The van der Waals surface area contributed by atoms with Crippen molar-refractivity contribution in [2.75, 3.05) is 38.2 Å². The molecule has 0 aromatic carbocycles. The third-order valence-corrected chi connectivity index (χ3v) is 3.77. The lowest BCUT2D eigenvalue weighted by molar-refractivity contribution is 0.0302. The van der Waals surface area contributed by atoms with Crippen LogP contribution in [-0.4, -0.2) is 58.2 Å². The molecule has 23 heavy (non-hydrogen) atoms. The molecule has 0 spiro atoms. The molecule has 0 bridgehead atoms. The fourth-order valence-corrected chi connectivity index (χ4v) is 2.47. The number of pyridine rings is 1. The van der Waals surface area contributed by atoms with E-state index in [4.69, 9.17) is 4.74 Å². The number of aromatic nitrogens is 3. The van der Waals surface area contributed by atoms with Crippen molar-refractivity contribution in [2.24, 2.45) is 0 Å². The summed E-state index contributed by atoms with van der Waals surface area (Å²) in [6.07, 6.45) is 8.15. The molecule has 1 amide bonds. The van der Waals surface area contributed by atoms with Gasteiger partial charge in [-0.15, -0.1) is 0 Å². The summed E-state index contributed by atoms with van der Waals surface area (Å²) >= 11 is 0. The number of hydrogen-bond acceptors (Lipinski definition) is 5. The molecule has 0 unspecified atom stereocenters. The molecule has 7 nitrogen and oxygen atoms in total. The van der Waals surface area contributed by atoms with Gasteiger partial charge in [0.15, 0.2) is 0 Å². The van der Waals surface area contributed by atoms with E-state index in [1.54, 1.807) is 17.3 Å². The second kappa shape index (κ2) is 7.73. The van der Waals surface area contributed by atoms with E-state index in [2.05, 4.69) is 15.3 Å². The van der Waals surface area contributed by atoms with Crippen LogP contribution in [0.5, 0.6) is 0 Å². The Labute approximate surface area is 135 Å². The zero-order chi connectivity index (χ0) is 15.9. The Hall–Kier alpha value is -2.41. The SMILES string of the molecule is O=C(c1ccc(NCCCn2ccnc2)nc1)N1CCOCC1. The van der Waals surface area contributed by atoms with Gasteiger partial charge in [-0.05, 0) is 18.6 Å². The lowest BCUT2D eigenvalue weighted by atomic mass is 10.2. The maximum atomic E-state index is 12.3. The van der Waals surface area contributed by atoms with Crippen molar-refractivity contribution >= 4 is 11.7 Å². The van der Waals surface area contributed by atoms with Gasteiger partial charge in [-0.1, -0.05) is 0 Å². The second-order valence-electron chi connectivity index (χ2n) is 5.42. The van der Waals surface area contributed by atoms with Gasteiger partial charge in [-0.3, -0.25) is 4.79 Å². The number of morpholine rings is 1. The maximum absolute atomic E-state index is 12.3. The summed E-state index contributed by atoms with van der Waals surface area (Å²) in [6.45, 7) is 4.24. The van der Waals surface area contributed by atoms with Crippen molar-refractivity contribution in [3.05, 3.63) is 42.6 Å². The molecule has 0 aliphatic carbocycles. The average molecular weight is 315 g/mol. The van der Waals surface area contributed by atoms with Crippen LogP contribution in [0.4, 0.5) is 5.82 Å². The molecule has 0 saturated carbocycles. The number of amides is 1. The number of carbonyl (C=O) groups excluding carboxylic acids is 1. The zero-order valence-electron chi connectivity index (χ0n) is 13.0. The molecule has 1 aliphatic rings. The maximum Gasteiger partial charge on any atom is 0.255 e. The summed E-state index contributed by atoms with van der Waals surface area (Å²) in [4.78, 5) is 22.4. The van der Waals surface area contributed by atoms with Crippen LogP contribution in [0.3, 0.4) is 0 Å². The number of rotatable bonds is 6. The number of ether oxygens (including phenoxy) is 1. The molecule has 122 valence electrons. The van der Waals surface area contributed by atoms with E-state index in [0.29, 0.717) is 31.9 Å². The summed E-state index contributed by atoms with van der Waals surface area (Å²) in [6, 6.07) is 3.67. The minimum absolute atomic E-state index is 0.0208. The number of nitrogens with one attached hydrogen (secondary N) is 1. The van der Waals surface area contributed by atoms with Crippen LogP contribution in [0.15, 0.2) is 37.1 Å².